The molecule has 13 heteroatoms. The van der Waals surface area contributed by atoms with Gasteiger partial charge in [0.25, 0.3) is 0 Å². The van der Waals surface area contributed by atoms with Crippen molar-refractivity contribution < 1.29 is 44.6 Å². The Balaban J connectivity index is 1.34. The SMILES string of the molecule is O=C(NCc1cccc(OCc2ccc(C(F)(F)F)cc2)c1)[C@@H]1CCCN1S(=O)(=O)c1ccc(OC(F)F)cc1. The van der Waals surface area contributed by atoms with Crippen LogP contribution >= 0.6 is 0 Å². The number of ether oxygens (including phenoxy) is 2. The van der Waals surface area contributed by atoms with Crippen LogP contribution in [-0.2, 0) is 34.1 Å². The minimum Gasteiger partial charge on any atom is -0.489 e. The summed E-state index contributed by atoms with van der Waals surface area (Å²) in [7, 11) is -4.07. The van der Waals surface area contributed by atoms with E-state index in [1.54, 1.807) is 24.3 Å². The Morgan fingerprint density at radius 1 is 0.975 bits per heavy atom. The number of sulfonamides is 1. The van der Waals surface area contributed by atoms with E-state index in [2.05, 4.69) is 10.1 Å². The average molecular weight is 585 g/mol. The summed E-state index contributed by atoms with van der Waals surface area (Å²) in [4.78, 5) is 12.8. The maximum Gasteiger partial charge on any atom is 0.416 e. The highest BCUT2D eigenvalue weighted by molar-refractivity contribution is 7.89. The number of carbonyl (C=O) groups is 1. The lowest BCUT2D eigenvalue weighted by Crippen LogP contribution is -2.45. The van der Waals surface area contributed by atoms with E-state index in [-0.39, 0.29) is 30.3 Å². The highest BCUT2D eigenvalue weighted by Crippen LogP contribution is 2.30. The lowest BCUT2D eigenvalue weighted by atomic mass is 10.1. The van der Waals surface area contributed by atoms with Gasteiger partial charge in [0.05, 0.1) is 10.5 Å². The van der Waals surface area contributed by atoms with Crippen LogP contribution in [0.5, 0.6) is 11.5 Å². The highest BCUT2D eigenvalue weighted by atomic mass is 32.2. The number of hydrogen-bond donors (Lipinski definition) is 1. The average Bonchev–Trinajstić information content (AvgIpc) is 3.42. The number of alkyl halides is 5. The van der Waals surface area contributed by atoms with Crippen LogP contribution < -0.4 is 14.8 Å². The number of carbonyl (C=O) groups excluding carboxylic acids is 1. The summed E-state index contributed by atoms with van der Waals surface area (Å²) < 4.78 is 100. The van der Waals surface area contributed by atoms with E-state index in [0.717, 1.165) is 40.7 Å². The summed E-state index contributed by atoms with van der Waals surface area (Å²) in [6, 6.07) is 15.0. The quantitative estimate of drug-likeness (QED) is 0.325. The molecule has 1 aliphatic heterocycles. The number of rotatable bonds is 10. The number of nitrogens with one attached hydrogen (secondary N) is 1. The Morgan fingerprint density at radius 2 is 1.68 bits per heavy atom. The second-order valence-corrected chi connectivity index (χ2v) is 10.9. The standard InChI is InChI=1S/C27H25F5N2O5S/c28-26(29)39-21-10-12-23(13-11-21)40(36,37)34-14-2-5-24(34)25(35)33-16-19-3-1-4-22(15-19)38-17-18-6-8-20(9-7-18)27(30,31)32/h1,3-4,6-13,15,24,26H,2,5,14,16-17H2,(H,33,35)/t24-/m0/s1. The Bertz CT molecular complexity index is 1410. The van der Waals surface area contributed by atoms with E-state index < -0.39 is 40.3 Å². The maximum atomic E-state index is 13.1. The highest BCUT2D eigenvalue weighted by Gasteiger charge is 2.39. The van der Waals surface area contributed by atoms with Gasteiger partial charge in [-0.3, -0.25) is 4.79 Å². The summed E-state index contributed by atoms with van der Waals surface area (Å²) in [5.74, 6) is -0.235. The molecule has 0 unspecified atom stereocenters. The van der Waals surface area contributed by atoms with Crippen LogP contribution in [0, 0.1) is 0 Å². The van der Waals surface area contributed by atoms with Gasteiger partial charge in [0.2, 0.25) is 15.9 Å². The fraction of sp³-hybridized carbons (Fsp3) is 0.296. The summed E-state index contributed by atoms with van der Waals surface area (Å²) in [6.07, 6.45) is -3.64. The van der Waals surface area contributed by atoms with Gasteiger partial charge in [0.1, 0.15) is 24.1 Å². The topological polar surface area (TPSA) is 84.9 Å². The van der Waals surface area contributed by atoms with E-state index in [1.807, 2.05) is 0 Å². The van der Waals surface area contributed by atoms with Gasteiger partial charge in [0, 0.05) is 13.1 Å². The van der Waals surface area contributed by atoms with E-state index in [1.165, 1.54) is 12.1 Å². The molecular weight excluding hydrogens is 559 g/mol. The molecule has 0 radical (unpaired) electrons. The van der Waals surface area contributed by atoms with Crippen molar-refractivity contribution in [2.75, 3.05) is 6.54 Å². The number of benzene rings is 3. The van der Waals surface area contributed by atoms with Crippen molar-refractivity contribution in [3.05, 3.63) is 89.5 Å². The van der Waals surface area contributed by atoms with E-state index in [0.29, 0.717) is 29.7 Å². The molecule has 3 aromatic rings. The number of amides is 1. The van der Waals surface area contributed by atoms with Gasteiger partial charge in [-0.1, -0.05) is 24.3 Å². The Hall–Kier alpha value is -3.71. The molecule has 0 saturated carbocycles. The van der Waals surface area contributed by atoms with Gasteiger partial charge >= 0.3 is 12.8 Å². The van der Waals surface area contributed by atoms with Gasteiger partial charge < -0.3 is 14.8 Å². The third-order valence-corrected chi connectivity index (χ3v) is 8.14. The van der Waals surface area contributed by atoms with E-state index in [4.69, 9.17) is 4.74 Å². The first-order valence-electron chi connectivity index (χ1n) is 12.2. The molecule has 0 spiro atoms. The van der Waals surface area contributed by atoms with Gasteiger partial charge in [-0.2, -0.15) is 26.3 Å². The predicted molar refractivity (Wildman–Crippen MR) is 134 cm³/mol. The van der Waals surface area contributed by atoms with Gasteiger partial charge in [-0.25, -0.2) is 8.42 Å². The van der Waals surface area contributed by atoms with Gasteiger partial charge in [-0.05, 0) is 72.5 Å². The van der Waals surface area contributed by atoms with Crippen molar-refractivity contribution in [1.82, 2.24) is 9.62 Å². The summed E-state index contributed by atoms with van der Waals surface area (Å²) in [5.41, 5.74) is 0.464. The number of nitrogens with zero attached hydrogens (tertiary/aromatic N) is 1. The molecule has 0 bridgehead atoms. The molecule has 1 atom stereocenters. The molecule has 0 aromatic heterocycles. The van der Waals surface area contributed by atoms with Gasteiger partial charge in [-0.15, -0.1) is 0 Å². The summed E-state index contributed by atoms with van der Waals surface area (Å²) >= 11 is 0. The minimum absolute atomic E-state index is 0.0398. The van der Waals surface area contributed by atoms with Crippen molar-refractivity contribution in [2.45, 2.75) is 49.7 Å². The molecule has 214 valence electrons. The van der Waals surface area contributed by atoms with E-state index >= 15 is 0 Å². The van der Waals surface area contributed by atoms with Gasteiger partial charge in [0.15, 0.2) is 0 Å². The van der Waals surface area contributed by atoms with Crippen molar-refractivity contribution in [3.8, 4) is 11.5 Å². The van der Waals surface area contributed by atoms with Crippen LogP contribution in [0.1, 0.15) is 29.5 Å². The maximum absolute atomic E-state index is 13.1. The summed E-state index contributed by atoms with van der Waals surface area (Å²) in [6.45, 7) is -2.79. The molecule has 3 aromatic carbocycles. The molecule has 7 nitrogen and oxygen atoms in total. The first kappa shape index (κ1) is 29.3. The third kappa shape index (κ3) is 7.27. The van der Waals surface area contributed by atoms with E-state index in [9.17, 15) is 35.2 Å². The number of halogens is 5. The van der Waals surface area contributed by atoms with Crippen molar-refractivity contribution in [3.63, 3.8) is 0 Å². The van der Waals surface area contributed by atoms with Crippen molar-refractivity contribution in [2.24, 2.45) is 0 Å². The van der Waals surface area contributed by atoms with Crippen molar-refractivity contribution in [1.29, 1.82) is 0 Å². The fourth-order valence-electron chi connectivity index (χ4n) is 4.23. The zero-order chi connectivity index (χ0) is 28.9. The van der Waals surface area contributed by atoms with Crippen molar-refractivity contribution >= 4 is 15.9 Å². The monoisotopic (exact) mass is 584 g/mol. The molecule has 1 aliphatic rings. The molecule has 1 N–H and O–H groups in total. The second kappa shape index (κ2) is 12.2. The first-order valence-corrected chi connectivity index (χ1v) is 13.6. The largest absolute Gasteiger partial charge is 0.489 e. The van der Waals surface area contributed by atoms with Crippen LogP contribution in [0.15, 0.2) is 77.7 Å². The Labute approximate surface area is 227 Å². The van der Waals surface area contributed by atoms with Crippen LogP contribution in [0.2, 0.25) is 0 Å². The summed E-state index contributed by atoms with van der Waals surface area (Å²) in [5, 5.41) is 2.74. The zero-order valence-corrected chi connectivity index (χ0v) is 21.7. The Kier molecular flexibility index (Phi) is 8.94. The van der Waals surface area contributed by atoms with Crippen LogP contribution in [0.3, 0.4) is 0 Å². The molecule has 1 fully saturated rings. The minimum atomic E-state index is -4.42. The molecule has 4 rings (SSSR count). The molecule has 1 heterocycles. The molecule has 1 amide bonds. The normalized spacial score (nSPS) is 16.2. The second-order valence-electron chi connectivity index (χ2n) is 8.97. The fourth-order valence-corrected chi connectivity index (χ4v) is 5.88. The van der Waals surface area contributed by atoms with Crippen LogP contribution in [-0.4, -0.2) is 37.8 Å². The lowest BCUT2D eigenvalue weighted by Gasteiger charge is -2.23. The molecule has 1 saturated heterocycles. The van der Waals surface area contributed by atoms with Crippen LogP contribution in [0.4, 0.5) is 22.0 Å². The molecule has 0 aliphatic carbocycles. The molecular formula is C27H25F5N2O5S. The zero-order valence-electron chi connectivity index (χ0n) is 20.9. The first-order chi connectivity index (χ1) is 18.9. The smallest absolute Gasteiger partial charge is 0.416 e. The number of hydrogen-bond acceptors (Lipinski definition) is 5. The Morgan fingerprint density at radius 3 is 2.33 bits per heavy atom. The van der Waals surface area contributed by atoms with Crippen LogP contribution in [0.25, 0.3) is 0 Å². The predicted octanol–water partition coefficient (Wildman–Crippen LogP) is 5.36. The lowest BCUT2D eigenvalue weighted by molar-refractivity contribution is -0.137. The third-order valence-electron chi connectivity index (χ3n) is 6.21. The molecule has 40 heavy (non-hydrogen) atoms.